The fraction of sp³-hybridized carbons (Fsp3) is 0.200. The van der Waals surface area contributed by atoms with Crippen molar-refractivity contribution in [1.29, 1.82) is 0 Å². The SMILES string of the molecule is Cc1ccc(Nc2cc(C)ncc2C(=O)O)c(C)c1. The molecule has 0 atom stereocenters. The predicted molar refractivity (Wildman–Crippen MR) is 75.1 cm³/mol. The Morgan fingerprint density at radius 1 is 1.16 bits per heavy atom. The molecule has 0 unspecified atom stereocenters. The molecule has 0 radical (unpaired) electrons. The molecule has 1 aromatic heterocycles. The molecule has 19 heavy (non-hydrogen) atoms. The topological polar surface area (TPSA) is 62.2 Å². The van der Waals surface area contributed by atoms with Gasteiger partial charge in [0.1, 0.15) is 5.56 Å². The van der Waals surface area contributed by atoms with E-state index in [4.69, 9.17) is 5.11 Å². The van der Waals surface area contributed by atoms with Crippen LogP contribution in [0.5, 0.6) is 0 Å². The van der Waals surface area contributed by atoms with Crippen LogP contribution >= 0.6 is 0 Å². The number of rotatable bonds is 3. The summed E-state index contributed by atoms with van der Waals surface area (Å²) in [6.07, 6.45) is 1.38. The molecule has 0 aliphatic carbocycles. The predicted octanol–water partition coefficient (Wildman–Crippen LogP) is 3.45. The summed E-state index contributed by atoms with van der Waals surface area (Å²) >= 11 is 0. The fourth-order valence-electron chi connectivity index (χ4n) is 1.93. The van der Waals surface area contributed by atoms with Gasteiger partial charge in [0, 0.05) is 17.6 Å². The van der Waals surface area contributed by atoms with Crippen molar-refractivity contribution >= 4 is 17.3 Å². The number of nitrogens with one attached hydrogen (secondary N) is 1. The largest absolute Gasteiger partial charge is 0.478 e. The van der Waals surface area contributed by atoms with Gasteiger partial charge in [-0.15, -0.1) is 0 Å². The third-order valence-corrected chi connectivity index (χ3v) is 2.92. The Morgan fingerprint density at radius 2 is 1.89 bits per heavy atom. The number of carbonyl (C=O) groups is 1. The summed E-state index contributed by atoms with van der Waals surface area (Å²) in [7, 11) is 0. The molecule has 0 saturated carbocycles. The standard InChI is InChI=1S/C15H16N2O2/c1-9-4-5-13(10(2)6-9)17-14-7-11(3)16-8-12(14)15(18)19/h4-8H,1-3H3,(H,16,17)(H,18,19). The quantitative estimate of drug-likeness (QED) is 0.883. The number of aromatic carboxylic acids is 1. The average Bonchev–Trinajstić information content (AvgIpc) is 2.32. The van der Waals surface area contributed by atoms with E-state index in [1.807, 2.05) is 32.9 Å². The van der Waals surface area contributed by atoms with E-state index in [1.165, 1.54) is 11.8 Å². The molecular weight excluding hydrogens is 240 g/mol. The van der Waals surface area contributed by atoms with Crippen molar-refractivity contribution in [3.8, 4) is 0 Å². The maximum absolute atomic E-state index is 11.2. The van der Waals surface area contributed by atoms with Crippen LogP contribution in [0.15, 0.2) is 30.5 Å². The van der Waals surface area contributed by atoms with Crippen LogP contribution in [0.3, 0.4) is 0 Å². The van der Waals surface area contributed by atoms with Crippen LogP contribution in [0.25, 0.3) is 0 Å². The summed E-state index contributed by atoms with van der Waals surface area (Å²) in [5.41, 5.74) is 4.66. The lowest BCUT2D eigenvalue weighted by Crippen LogP contribution is -2.05. The Bertz CT molecular complexity index is 636. The lowest BCUT2D eigenvalue weighted by molar-refractivity contribution is 0.0697. The summed E-state index contributed by atoms with van der Waals surface area (Å²) < 4.78 is 0. The molecule has 0 fully saturated rings. The zero-order valence-corrected chi connectivity index (χ0v) is 11.2. The van der Waals surface area contributed by atoms with Gasteiger partial charge in [0.05, 0.1) is 5.69 Å². The van der Waals surface area contributed by atoms with Gasteiger partial charge in [-0.1, -0.05) is 17.7 Å². The van der Waals surface area contributed by atoms with Crippen LogP contribution in [-0.2, 0) is 0 Å². The van der Waals surface area contributed by atoms with E-state index in [1.54, 1.807) is 6.07 Å². The first-order valence-corrected chi connectivity index (χ1v) is 6.01. The summed E-state index contributed by atoms with van der Waals surface area (Å²) in [5.74, 6) is -0.986. The third-order valence-electron chi connectivity index (χ3n) is 2.92. The van der Waals surface area contributed by atoms with Crippen molar-refractivity contribution in [3.63, 3.8) is 0 Å². The van der Waals surface area contributed by atoms with E-state index in [-0.39, 0.29) is 5.56 Å². The third kappa shape index (κ3) is 2.91. The maximum Gasteiger partial charge on any atom is 0.339 e. The second-order valence-corrected chi connectivity index (χ2v) is 4.62. The highest BCUT2D eigenvalue weighted by molar-refractivity contribution is 5.95. The molecule has 4 heteroatoms. The van der Waals surface area contributed by atoms with E-state index >= 15 is 0 Å². The van der Waals surface area contributed by atoms with E-state index < -0.39 is 5.97 Å². The second-order valence-electron chi connectivity index (χ2n) is 4.62. The number of carboxylic acid groups (broad SMARTS) is 1. The number of carboxylic acids is 1. The molecule has 1 aromatic carbocycles. The molecule has 98 valence electrons. The van der Waals surface area contributed by atoms with Gasteiger partial charge in [-0.25, -0.2) is 4.79 Å². The highest BCUT2D eigenvalue weighted by Crippen LogP contribution is 2.24. The number of nitrogens with zero attached hydrogens (tertiary/aromatic N) is 1. The molecule has 0 aliphatic heterocycles. The monoisotopic (exact) mass is 256 g/mol. The van der Waals surface area contributed by atoms with Crippen LogP contribution < -0.4 is 5.32 Å². The van der Waals surface area contributed by atoms with Crippen LogP contribution in [0.4, 0.5) is 11.4 Å². The summed E-state index contributed by atoms with van der Waals surface area (Å²) in [4.78, 5) is 15.2. The highest BCUT2D eigenvalue weighted by atomic mass is 16.4. The molecule has 0 amide bonds. The molecule has 2 N–H and O–H groups in total. The molecule has 0 spiro atoms. The van der Waals surface area contributed by atoms with E-state index in [2.05, 4.69) is 16.4 Å². The number of pyridine rings is 1. The second kappa shape index (κ2) is 5.10. The molecule has 2 rings (SSSR count). The van der Waals surface area contributed by atoms with Crippen molar-refractivity contribution in [2.75, 3.05) is 5.32 Å². The summed E-state index contributed by atoms with van der Waals surface area (Å²) in [6.45, 7) is 5.85. The van der Waals surface area contributed by atoms with Crippen molar-refractivity contribution in [2.24, 2.45) is 0 Å². The molecule has 4 nitrogen and oxygen atoms in total. The number of aromatic nitrogens is 1. The smallest absolute Gasteiger partial charge is 0.339 e. The van der Waals surface area contributed by atoms with Crippen LogP contribution in [-0.4, -0.2) is 16.1 Å². The molecule has 2 aromatic rings. The number of anilines is 2. The minimum atomic E-state index is -0.986. The normalized spacial score (nSPS) is 10.3. The lowest BCUT2D eigenvalue weighted by Gasteiger charge is -2.12. The Balaban J connectivity index is 2.42. The number of aryl methyl sites for hydroxylation is 3. The van der Waals surface area contributed by atoms with Crippen molar-refractivity contribution in [1.82, 2.24) is 4.98 Å². The van der Waals surface area contributed by atoms with Gasteiger partial charge in [-0.2, -0.15) is 0 Å². The number of benzene rings is 1. The summed E-state index contributed by atoms with van der Waals surface area (Å²) in [5, 5.41) is 12.3. The van der Waals surface area contributed by atoms with Crippen molar-refractivity contribution < 1.29 is 9.90 Å². The summed E-state index contributed by atoms with van der Waals surface area (Å²) in [6, 6.07) is 7.73. The van der Waals surface area contributed by atoms with Crippen molar-refractivity contribution in [2.45, 2.75) is 20.8 Å². The number of hydrogen-bond acceptors (Lipinski definition) is 3. The van der Waals surface area contributed by atoms with Gasteiger partial charge >= 0.3 is 5.97 Å². The van der Waals surface area contributed by atoms with Gasteiger partial charge in [-0.3, -0.25) is 4.98 Å². The van der Waals surface area contributed by atoms with E-state index in [0.29, 0.717) is 5.69 Å². The van der Waals surface area contributed by atoms with Gasteiger partial charge < -0.3 is 10.4 Å². The van der Waals surface area contributed by atoms with Crippen LogP contribution in [0, 0.1) is 20.8 Å². The molecule has 0 aliphatic rings. The van der Waals surface area contributed by atoms with Gasteiger partial charge in [-0.05, 0) is 38.5 Å². The average molecular weight is 256 g/mol. The van der Waals surface area contributed by atoms with Crippen LogP contribution in [0.1, 0.15) is 27.2 Å². The first kappa shape index (κ1) is 13.1. The first-order chi connectivity index (χ1) is 8.97. The lowest BCUT2D eigenvalue weighted by atomic mass is 10.1. The minimum absolute atomic E-state index is 0.172. The minimum Gasteiger partial charge on any atom is -0.478 e. The van der Waals surface area contributed by atoms with Crippen LogP contribution in [0.2, 0.25) is 0 Å². The Hall–Kier alpha value is -2.36. The highest BCUT2D eigenvalue weighted by Gasteiger charge is 2.11. The molecular formula is C15H16N2O2. The maximum atomic E-state index is 11.2. The first-order valence-electron chi connectivity index (χ1n) is 6.01. The number of hydrogen-bond donors (Lipinski definition) is 2. The zero-order chi connectivity index (χ0) is 14.0. The molecule has 1 heterocycles. The zero-order valence-electron chi connectivity index (χ0n) is 11.2. The van der Waals surface area contributed by atoms with E-state index in [9.17, 15) is 4.79 Å². The Kier molecular flexibility index (Phi) is 3.51. The van der Waals surface area contributed by atoms with Gasteiger partial charge in [0.2, 0.25) is 0 Å². The molecule has 0 saturated heterocycles. The van der Waals surface area contributed by atoms with Gasteiger partial charge in [0.25, 0.3) is 0 Å². The Morgan fingerprint density at radius 3 is 2.53 bits per heavy atom. The fourth-order valence-corrected chi connectivity index (χ4v) is 1.93. The van der Waals surface area contributed by atoms with Crippen molar-refractivity contribution in [3.05, 3.63) is 52.8 Å². The van der Waals surface area contributed by atoms with E-state index in [0.717, 1.165) is 16.9 Å². The Labute approximate surface area is 112 Å². The molecule has 0 bridgehead atoms. The van der Waals surface area contributed by atoms with Gasteiger partial charge in [0.15, 0.2) is 0 Å².